The number of thioether (sulfide) groups is 1. The fourth-order valence-corrected chi connectivity index (χ4v) is 4.00. The smallest absolute Gasteiger partial charge is 0.338 e. The van der Waals surface area contributed by atoms with Gasteiger partial charge in [0.15, 0.2) is 0 Å². The van der Waals surface area contributed by atoms with Crippen LogP contribution in [-0.4, -0.2) is 51.7 Å². The molecule has 0 saturated carbocycles. The minimum absolute atomic E-state index is 0.192. The molecule has 2 amide bonds. The number of methoxy groups -OCH3 is 1. The van der Waals surface area contributed by atoms with E-state index in [2.05, 4.69) is 26.2 Å². The molecule has 0 radical (unpaired) electrons. The van der Waals surface area contributed by atoms with Gasteiger partial charge < -0.3 is 24.5 Å². The number of hydrogen-bond donors (Lipinski definition) is 2. The minimum atomic E-state index is -0.772. The van der Waals surface area contributed by atoms with Crippen molar-refractivity contribution in [3.8, 4) is 11.4 Å². The number of furan rings is 1. The predicted molar refractivity (Wildman–Crippen MR) is 113 cm³/mol. The second-order valence-electron chi connectivity index (χ2n) is 6.52. The Labute approximate surface area is 187 Å². The summed E-state index contributed by atoms with van der Waals surface area (Å²) >= 11 is 1.26. The molecule has 2 aromatic heterocycles. The van der Waals surface area contributed by atoms with Crippen molar-refractivity contribution in [3.63, 3.8) is 0 Å². The van der Waals surface area contributed by atoms with E-state index in [4.69, 9.17) is 13.9 Å². The Morgan fingerprint density at radius 3 is 2.78 bits per heavy atom. The molecule has 0 saturated heterocycles. The summed E-state index contributed by atoms with van der Waals surface area (Å²) in [5.41, 5.74) is 1.39. The molecule has 166 valence electrons. The summed E-state index contributed by atoms with van der Waals surface area (Å²) in [5, 5.41) is 17.7. The Morgan fingerprint density at radius 1 is 1.28 bits per heavy atom. The second-order valence-corrected chi connectivity index (χ2v) is 7.46. The number of rotatable bonds is 8. The first-order valence-electron chi connectivity index (χ1n) is 9.67. The summed E-state index contributed by atoms with van der Waals surface area (Å²) in [7, 11) is 1.59. The summed E-state index contributed by atoms with van der Waals surface area (Å²) in [5.74, 6) is 0.803. The van der Waals surface area contributed by atoms with Gasteiger partial charge in [0.25, 0.3) is 0 Å². The summed E-state index contributed by atoms with van der Waals surface area (Å²) in [6, 6.07) is 9.38. The van der Waals surface area contributed by atoms with Gasteiger partial charge in [0.2, 0.25) is 5.16 Å². The number of nitrogens with zero attached hydrogens (tertiary/aromatic N) is 4. The summed E-state index contributed by atoms with van der Waals surface area (Å²) in [6.07, 6.45) is 1.48. The van der Waals surface area contributed by atoms with Crippen molar-refractivity contribution >= 4 is 23.8 Å². The Balaban J connectivity index is 1.63. The molecule has 11 nitrogen and oxygen atoms in total. The standard InChI is InChI=1S/C20H20N6O5S/c1-3-30-18(27)16-14(21-19(28)22-17(16)15-5-4-10-31-15)11-32-20-23-24-25-26(20)12-6-8-13(29-2)9-7-12/h4-10,17H,3,11H2,1-2H3,(H2,21,22,28). The lowest BCUT2D eigenvalue weighted by Crippen LogP contribution is -2.46. The Bertz CT molecular complexity index is 1130. The quantitative estimate of drug-likeness (QED) is 0.386. The molecule has 1 unspecified atom stereocenters. The lowest BCUT2D eigenvalue weighted by molar-refractivity contribution is -0.139. The number of aromatic nitrogens is 4. The van der Waals surface area contributed by atoms with Crippen molar-refractivity contribution in [2.75, 3.05) is 19.5 Å². The van der Waals surface area contributed by atoms with Crippen LogP contribution in [0, 0.1) is 0 Å². The van der Waals surface area contributed by atoms with Gasteiger partial charge >= 0.3 is 12.0 Å². The van der Waals surface area contributed by atoms with Gasteiger partial charge in [0.1, 0.15) is 17.6 Å². The summed E-state index contributed by atoms with van der Waals surface area (Å²) < 4.78 is 17.4. The number of amides is 2. The number of tetrazole rings is 1. The van der Waals surface area contributed by atoms with E-state index in [1.807, 2.05) is 12.1 Å². The Hall–Kier alpha value is -3.80. The Kier molecular flexibility index (Phi) is 6.40. The lowest BCUT2D eigenvalue weighted by Gasteiger charge is -2.27. The van der Waals surface area contributed by atoms with Crippen LogP contribution >= 0.6 is 11.8 Å². The van der Waals surface area contributed by atoms with E-state index in [9.17, 15) is 9.59 Å². The Morgan fingerprint density at radius 2 is 2.09 bits per heavy atom. The van der Waals surface area contributed by atoms with E-state index in [-0.39, 0.29) is 17.9 Å². The number of esters is 1. The highest BCUT2D eigenvalue weighted by Crippen LogP contribution is 2.31. The van der Waals surface area contributed by atoms with Crippen LogP contribution < -0.4 is 15.4 Å². The number of carbonyl (C=O) groups is 2. The van der Waals surface area contributed by atoms with Crippen LogP contribution in [0.5, 0.6) is 5.75 Å². The van der Waals surface area contributed by atoms with Gasteiger partial charge in [-0.05, 0) is 53.7 Å². The average molecular weight is 456 g/mol. The third kappa shape index (κ3) is 4.44. The molecule has 1 aromatic carbocycles. The first-order valence-corrected chi connectivity index (χ1v) is 10.7. The van der Waals surface area contributed by atoms with E-state index in [0.29, 0.717) is 22.4 Å². The highest BCUT2D eigenvalue weighted by atomic mass is 32.2. The SMILES string of the molecule is CCOC(=O)C1=C(CSc2nnnn2-c2ccc(OC)cc2)NC(=O)NC1c1ccco1. The number of hydrogen-bond acceptors (Lipinski definition) is 9. The zero-order valence-electron chi connectivity index (χ0n) is 17.3. The van der Waals surface area contributed by atoms with Crippen molar-refractivity contribution in [1.82, 2.24) is 30.8 Å². The molecule has 3 heterocycles. The third-order valence-corrected chi connectivity index (χ3v) is 5.53. The van der Waals surface area contributed by atoms with Crippen LogP contribution in [0.15, 0.2) is 63.5 Å². The van der Waals surface area contributed by atoms with Gasteiger partial charge in [0, 0.05) is 11.4 Å². The monoisotopic (exact) mass is 456 g/mol. The number of ether oxygens (including phenoxy) is 2. The lowest BCUT2D eigenvalue weighted by atomic mass is 10.0. The van der Waals surface area contributed by atoms with Crippen molar-refractivity contribution in [2.45, 2.75) is 18.1 Å². The van der Waals surface area contributed by atoms with Crippen LogP contribution in [0.25, 0.3) is 5.69 Å². The first kappa shape index (κ1) is 21.4. The molecule has 0 fully saturated rings. The van der Waals surface area contributed by atoms with Crippen molar-refractivity contribution < 1.29 is 23.5 Å². The van der Waals surface area contributed by atoms with Gasteiger partial charge in [-0.3, -0.25) is 0 Å². The number of benzene rings is 1. The molecule has 32 heavy (non-hydrogen) atoms. The fraction of sp³-hybridized carbons (Fsp3) is 0.250. The van der Waals surface area contributed by atoms with Crippen molar-refractivity contribution in [1.29, 1.82) is 0 Å². The van der Waals surface area contributed by atoms with Gasteiger partial charge in [-0.2, -0.15) is 4.68 Å². The molecule has 4 rings (SSSR count). The van der Waals surface area contributed by atoms with Gasteiger partial charge in [-0.15, -0.1) is 5.10 Å². The van der Waals surface area contributed by atoms with Gasteiger partial charge in [-0.1, -0.05) is 11.8 Å². The zero-order valence-corrected chi connectivity index (χ0v) is 18.1. The molecule has 0 spiro atoms. The highest BCUT2D eigenvalue weighted by molar-refractivity contribution is 7.99. The maximum atomic E-state index is 12.8. The van der Waals surface area contributed by atoms with E-state index in [0.717, 1.165) is 5.69 Å². The van der Waals surface area contributed by atoms with Gasteiger partial charge in [0.05, 0.1) is 31.2 Å². The third-order valence-electron chi connectivity index (χ3n) is 4.58. The molecule has 1 aliphatic heterocycles. The predicted octanol–water partition coefficient (Wildman–Crippen LogP) is 2.23. The number of nitrogens with one attached hydrogen (secondary N) is 2. The fourth-order valence-electron chi connectivity index (χ4n) is 3.14. The van der Waals surface area contributed by atoms with E-state index in [1.165, 1.54) is 18.0 Å². The van der Waals surface area contributed by atoms with E-state index in [1.54, 1.807) is 43.0 Å². The van der Waals surface area contributed by atoms with Crippen LogP contribution in [0.2, 0.25) is 0 Å². The molecular weight excluding hydrogens is 436 g/mol. The number of carbonyl (C=O) groups excluding carboxylic acids is 2. The molecular formula is C20H20N6O5S. The number of urea groups is 1. The first-order chi connectivity index (χ1) is 15.6. The normalized spacial score (nSPS) is 15.8. The zero-order chi connectivity index (χ0) is 22.5. The molecule has 1 aliphatic rings. The largest absolute Gasteiger partial charge is 0.497 e. The highest BCUT2D eigenvalue weighted by Gasteiger charge is 2.35. The van der Waals surface area contributed by atoms with Crippen LogP contribution in [0.3, 0.4) is 0 Å². The van der Waals surface area contributed by atoms with Crippen LogP contribution in [-0.2, 0) is 9.53 Å². The second kappa shape index (κ2) is 9.56. The van der Waals surface area contributed by atoms with Gasteiger partial charge in [-0.25, -0.2) is 9.59 Å². The molecule has 0 aliphatic carbocycles. The molecule has 12 heteroatoms. The molecule has 2 N–H and O–H groups in total. The van der Waals surface area contributed by atoms with E-state index >= 15 is 0 Å². The van der Waals surface area contributed by atoms with Crippen LogP contribution in [0.1, 0.15) is 18.7 Å². The minimum Gasteiger partial charge on any atom is -0.497 e. The maximum Gasteiger partial charge on any atom is 0.338 e. The average Bonchev–Trinajstić information content (AvgIpc) is 3.49. The van der Waals surface area contributed by atoms with Crippen molar-refractivity contribution in [2.24, 2.45) is 0 Å². The maximum absolute atomic E-state index is 12.8. The van der Waals surface area contributed by atoms with Crippen LogP contribution in [0.4, 0.5) is 4.79 Å². The molecule has 3 aromatic rings. The topological polar surface area (TPSA) is 133 Å². The summed E-state index contributed by atoms with van der Waals surface area (Å²) in [4.78, 5) is 25.0. The molecule has 0 bridgehead atoms. The van der Waals surface area contributed by atoms with E-state index < -0.39 is 18.0 Å². The summed E-state index contributed by atoms with van der Waals surface area (Å²) in [6.45, 7) is 1.91. The van der Waals surface area contributed by atoms with Crippen molar-refractivity contribution in [3.05, 3.63) is 59.7 Å². The molecule has 1 atom stereocenters.